The van der Waals surface area contributed by atoms with Gasteiger partial charge in [-0.2, -0.15) is 13.2 Å². The first-order valence-electron chi connectivity index (χ1n) is 5.97. The van der Waals surface area contributed by atoms with Crippen LogP contribution in [0, 0.1) is 11.8 Å². The van der Waals surface area contributed by atoms with Crippen LogP contribution in [0.15, 0.2) is 0 Å². The highest BCUT2D eigenvalue weighted by Gasteiger charge is 2.80. The molecule has 1 saturated heterocycles. The van der Waals surface area contributed by atoms with Crippen LogP contribution in [0.3, 0.4) is 0 Å². The summed E-state index contributed by atoms with van der Waals surface area (Å²) in [5, 5.41) is 9.31. The van der Waals surface area contributed by atoms with Gasteiger partial charge in [0.15, 0.2) is 0 Å². The van der Waals surface area contributed by atoms with Crippen LogP contribution in [-0.2, 0) is 4.74 Å². The molecule has 4 atom stereocenters. The Balaban J connectivity index is 1.97. The van der Waals surface area contributed by atoms with Crippen LogP contribution in [0.1, 0.15) is 32.1 Å². The third-order valence-electron chi connectivity index (χ3n) is 4.67. The molecule has 3 rings (SSSR count). The molecule has 0 aromatic carbocycles. The summed E-state index contributed by atoms with van der Waals surface area (Å²) >= 11 is 0. The van der Waals surface area contributed by atoms with Crippen LogP contribution in [-0.4, -0.2) is 28.6 Å². The number of hydrogen-bond acceptors (Lipinski definition) is 2. The fraction of sp³-hybridized carbons (Fsp3) is 1.00. The van der Waals surface area contributed by atoms with Crippen molar-refractivity contribution in [2.45, 2.75) is 55.6 Å². The van der Waals surface area contributed by atoms with Crippen molar-refractivity contribution in [3.63, 3.8) is 0 Å². The second kappa shape index (κ2) is 3.17. The van der Waals surface area contributed by atoms with Gasteiger partial charge >= 0.3 is 17.9 Å². The van der Waals surface area contributed by atoms with Crippen molar-refractivity contribution in [2.75, 3.05) is 0 Å². The molecule has 1 aliphatic heterocycles. The van der Waals surface area contributed by atoms with E-state index in [4.69, 9.17) is 0 Å². The topological polar surface area (TPSA) is 29.5 Å². The normalized spacial score (nSPS) is 50.3. The van der Waals surface area contributed by atoms with Crippen LogP contribution >= 0.6 is 0 Å². The van der Waals surface area contributed by atoms with E-state index in [9.17, 15) is 27.1 Å². The SMILES string of the molecule is OC1(C(F)(F)F)OC2(CC3CCC2C3)CC1(F)F. The quantitative estimate of drug-likeness (QED) is 0.687. The molecule has 2 bridgehead atoms. The van der Waals surface area contributed by atoms with Crippen LogP contribution in [0.2, 0.25) is 0 Å². The van der Waals surface area contributed by atoms with Crippen LogP contribution in [0.4, 0.5) is 22.0 Å². The lowest BCUT2D eigenvalue weighted by Gasteiger charge is -2.35. The van der Waals surface area contributed by atoms with Crippen molar-refractivity contribution < 1.29 is 31.8 Å². The van der Waals surface area contributed by atoms with Gasteiger partial charge in [-0.05, 0) is 37.5 Å². The average molecular weight is 272 g/mol. The van der Waals surface area contributed by atoms with Crippen molar-refractivity contribution in [2.24, 2.45) is 11.8 Å². The molecule has 1 N–H and O–H groups in total. The number of halogens is 5. The Kier molecular flexibility index (Phi) is 2.22. The zero-order valence-corrected chi connectivity index (χ0v) is 9.44. The minimum absolute atomic E-state index is 0.154. The van der Waals surface area contributed by atoms with Crippen molar-refractivity contribution in [3.8, 4) is 0 Å². The Hall–Kier alpha value is -0.430. The maximum absolute atomic E-state index is 13.6. The number of rotatable bonds is 0. The van der Waals surface area contributed by atoms with E-state index in [-0.39, 0.29) is 18.3 Å². The zero-order valence-electron chi connectivity index (χ0n) is 9.44. The number of fused-ring (bicyclic) bond motifs is 3. The van der Waals surface area contributed by atoms with Gasteiger partial charge in [0.25, 0.3) is 0 Å². The second-order valence-electron chi connectivity index (χ2n) is 5.77. The van der Waals surface area contributed by atoms with E-state index in [0.717, 1.165) is 6.42 Å². The summed E-state index contributed by atoms with van der Waals surface area (Å²) in [4.78, 5) is 0. The van der Waals surface area contributed by atoms with Gasteiger partial charge in [0.2, 0.25) is 0 Å². The molecule has 2 saturated carbocycles. The Labute approximate surface area is 100 Å². The van der Waals surface area contributed by atoms with Crippen LogP contribution in [0.5, 0.6) is 0 Å². The molecule has 0 radical (unpaired) electrons. The lowest BCUT2D eigenvalue weighted by molar-refractivity contribution is -0.415. The zero-order chi connectivity index (χ0) is 13.4. The van der Waals surface area contributed by atoms with Gasteiger partial charge in [-0.15, -0.1) is 0 Å². The number of alkyl halides is 5. The molecule has 0 aromatic rings. The second-order valence-corrected chi connectivity index (χ2v) is 5.77. The molecule has 3 aliphatic rings. The largest absolute Gasteiger partial charge is 0.449 e. The standard InChI is InChI=1S/C11H13F5O2/c12-9(13)5-8(4-6-1-2-7(8)3-6)18-10(9,17)11(14,15)16/h6-7,17H,1-5H2. The van der Waals surface area contributed by atoms with E-state index in [1.165, 1.54) is 0 Å². The van der Waals surface area contributed by atoms with Gasteiger partial charge in [-0.1, -0.05) is 0 Å². The summed E-state index contributed by atoms with van der Waals surface area (Å²) in [7, 11) is 0. The lowest BCUT2D eigenvalue weighted by atomic mass is 9.81. The van der Waals surface area contributed by atoms with Crippen LogP contribution < -0.4 is 0 Å². The Morgan fingerprint density at radius 1 is 1.17 bits per heavy atom. The van der Waals surface area contributed by atoms with Gasteiger partial charge in [0, 0.05) is 6.42 Å². The van der Waals surface area contributed by atoms with E-state index < -0.39 is 29.9 Å². The molecular weight excluding hydrogens is 259 g/mol. The maximum atomic E-state index is 13.6. The number of ether oxygens (including phenoxy) is 1. The smallest absolute Gasteiger partial charge is 0.354 e. The predicted octanol–water partition coefficient (Wildman–Crippen LogP) is 2.85. The Morgan fingerprint density at radius 3 is 2.22 bits per heavy atom. The van der Waals surface area contributed by atoms with Crippen molar-refractivity contribution in [3.05, 3.63) is 0 Å². The average Bonchev–Trinajstić information content (AvgIpc) is 2.78. The van der Waals surface area contributed by atoms with E-state index in [0.29, 0.717) is 12.8 Å². The molecule has 4 unspecified atom stereocenters. The monoisotopic (exact) mass is 272 g/mol. The summed E-state index contributed by atoms with van der Waals surface area (Å²) in [5.41, 5.74) is -1.49. The van der Waals surface area contributed by atoms with E-state index in [2.05, 4.69) is 4.74 Å². The lowest BCUT2D eigenvalue weighted by Crippen LogP contribution is -2.56. The molecule has 0 aromatic heterocycles. The molecule has 0 amide bonds. The summed E-state index contributed by atoms with van der Waals surface area (Å²) in [6.07, 6.45) is -4.23. The third kappa shape index (κ3) is 1.35. The first-order chi connectivity index (χ1) is 8.10. The molecular formula is C11H13F5O2. The molecule has 1 spiro atoms. The molecule has 3 fully saturated rings. The Morgan fingerprint density at radius 2 is 1.83 bits per heavy atom. The third-order valence-corrected chi connectivity index (χ3v) is 4.67. The highest BCUT2D eigenvalue weighted by atomic mass is 19.4. The minimum atomic E-state index is -5.48. The molecule has 1 heterocycles. The fourth-order valence-corrected chi connectivity index (χ4v) is 3.90. The van der Waals surface area contributed by atoms with Gasteiger partial charge in [0.05, 0.1) is 5.60 Å². The maximum Gasteiger partial charge on any atom is 0.449 e. The molecule has 2 aliphatic carbocycles. The molecule has 7 heteroatoms. The highest BCUT2D eigenvalue weighted by Crippen LogP contribution is 2.64. The minimum Gasteiger partial charge on any atom is -0.354 e. The summed E-state index contributed by atoms with van der Waals surface area (Å²) in [6.45, 7) is 0. The van der Waals surface area contributed by atoms with E-state index in [1.54, 1.807) is 0 Å². The summed E-state index contributed by atoms with van der Waals surface area (Å²) in [6, 6.07) is 0. The first kappa shape index (κ1) is 12.6. The summed E-state index contributed by atoms with van der Waals surface area (Å²) in [5.74, 6) is -8.74. The number of hydrogen-bond donors (Lipinski definition) is 1. The summed E-state index contributed by atoms with van der Waals surface area (Å²) < 4.78 is 69.8. The van der Waals surface area contributed by atoms with E-state index >= 15 is 0 Å². The van der Waals surface area contributed by atoms with Crippen molar-refractivity contribution >= 4 is 0 Å². The molecule has 2 nitrogen and oxygen atoms in total. The van der Waals surface area contributed by atoms with Gasteiger partial charge in [0.1, 0.15) is 0 Å². The van der Waals surface area contributed by atoms with Crippen molar-refractivity contribution in [1.82, 2.24) is 0 Å². The van der Waals surface area contributed by atoms with Crippen molar-refractivity contribution in [1.29, 1.82) is 0 Å². The number of aliphatic hydroxyl groups is 1. The van der Waals surface area contributed by atoms with Gasteiger partial charge in [-0.3, -0.25) is 0 Å². The first-order valence-corrected chi connectivity index (χ1v) is 5.97. The van der Waals surface area contributed by atoms with Gasteiger partial charge < -0.3 is 9.84 Å². The molecule has 18 heavy (non-hydrogen) atoms. The predicted molar refractivity (Wildman–Crippen MR) is 49.8 cm³/mol. The fourth-order valence-electron chi connectivity index (χ4n) is 3.90. The van der Waals surface area contributed by atoms with Crippen LogP contribution in [0.25, 0.3) is 0 Å². The molecule has 104 valence electrons. The van der Waals surface area contributed by atoms with E-state index in [1.807, 2.05) is 0 Å². The highest BCUT2D eigenvalue weighted by molar-refractivity contribution is 5.13. The Bertz CT molecular complexity index is 382. The van der Waals surface area contributed by atoms with Gasteiger partial charge in [-0.25, -0.2) is 8.78 Å².